The molecule has 3 aromatic carbocycles. The number of Topliss-reactive ketones (excluding diaryl/α,β-unsaturated/α-hetero) is 1. The van der Waals surface area contributed by atoms with Gasteiger partial charge in [0.1, 0.15) is 5.75 Å². The Morgan fingerprint density at radius 3 is 2.36 bits per heavy atom. The number of ether oxygens (including phenoxy) is 1. The summed E-state index contributed by atoms with van der Waals surface area (Å²) < 4.78 is 34.0. The summed E-state index contributed by atoms with van der Waals surface area (Å²) >= 11 is 0. The number of benzene rings is 3. The number of hydrogen-bond donors (Lipinski definition) is 1. The Labute approximate surface area is 210 Å². The Hall–Kier alpha value is -3.75. The monoisotopic (exact) mass is 504 g/mol. The van der Waals surface area contributed by atoms with Crippen LogP contribution in [0.2, 0.25) is 0 Å². The minimum absolute atomic E-state index is 0.0659. The normalized spacial score (nSPS) is 11.7. The molecule has 0 fully saturated rings. The fourth-order valence-corrected chi connectivity index (χ4v) is 5.51. The van der Waals surface area contributed by atoms with Crippen LogP contribution >= 0.6 is 0 Å². The first-order valence-electron chi connectivity index (χ1n) is 11.5. The van der Waals surface area contributed by atoms with Crippen molar-refractivity contribution >= 4 is 26.7 Å². The molecule has 0 aliphatic carbocycles. The highest BCUT2D eigenvalue weighted by Gasteiger charge is 2.26. The van der Waals surface area contributed by atoms with Crippen LogP contribution in [0.15, 0.2) is 82.5 Å². The lowest BCUT2D eigenvalue weighted by Gasteiger charge is -2.23. The van der Waals surface area contributed by atoms with E-state index in [1.807, 2.05) is 31.2 Å². The van der Waals surface area contributed by atoms with Gasteiger partial charge in [-0.2, -0.15) is 4.31 Å². The summed E-state index contributed by atoms with van der Waals surface area (Å²) in [5.41, 5.74) is 3.14. The van der Waals surface area contributed by atoms with Gasteiger partial charge in [-0.3, -0.25) is 9.59 Å². The zero-order chi connectivity index (χ0) is 25.9. The van der Waals surface area contributed by atoms with E-state index < -0.39 is 10.0 Å². The van der Waals surface area contributed by atoms with Gasteiger partial charge >= 0.3 is 0 Å². The van der Waals surface area contributed by atoms with E-state index in [0.717, 1.165) is 16.5 Å². The Morgan fingerprint density at radius 2 is 1.69 bits per heavy atom. The van der Waals surface area contributed by atoms with E-state index in [1.165, 1.54) is 35.5 Å². The van der Waals surface area contributed by atoms with E-state index in [-0.39, 0.29) is 29.3 Å². The van der Waals surface area contributed by atoms with Gasteiger partial charge in [-0.1, -0.05) is 36.4 Å². The molecule has 8 heteroatoms. The number of hydrogen-bond acceptors (Lipinski definition) is 5. The highest BCUT2D eigenvalue weighted by Crippen LogP contribution is 2.23. The zero-order valence-electron chi connectivity index (χ0n) is 20.4. The van der Waals surface area contributed by atoms with Crippen molar-refractivity contribution in [3.8, 4) is 5.75 Å². The first-order chi connectivity index (χ1) is 17.2. The zero-order valence-corrected chi connectivity index (χ0v) is 21.3. The smallest absolute Gasteiger partial charge is 0.252 e. The number of rotatable bonds is 9. The van der Waals surface area contributed by atoms with Crippen LogP contribution in [0, 0.1) is 6.92 Å². The van der Waals surface area contributed by atoms with Crippen molar-refractivity contribution in [3.63, 3.8) is 0 Å². The number of nitrogens with zero attached hydrogens (tertiary/aromatic N) is 1. The van der Waals surface area contributed by atoms with E-state index in [2.05, 4.69) is 4.98 Å². The predicted molar refractivity (Wildman–Crippen MR) is 140 cm³/mol. The molecule has 1 aromatic heterocycles. The number of sulfonamides is 1. The second-order valence-corrected chi connectivity index (χ2v) is 10.6. The summed E-state index contributed by atoms with van der Waals surface area (Å²) in [5, 5.41) is 0.742. The van der Waals surface area contributed by atoms with Crippen molar-refractivity contribution < 1.29 is 17.9 Å². The van der Waals surface area contributed by atoms with Crippen LogP contribution in [0.3, 0.4) is 0 Å². The number of pyridine rings is 1. The summed E-state index contributed by atoms with van der Waals surface area (Å²) in [6.07, 6.45) is 0.483. The number of H-pyrrole nitrogens is 1. The van der Waals surface area contributed by atoms with E-state index in [4.69, 9.17) is 4.74 Å². The molecule has 0 atom stereocenters. The number of carbonyl (C=O) groups is 1. The maximum atomic E-state index is 13.7. The maximum Gasteiger partial charge on any atom is 0.252 e. The Bertz CT molecular complexity index is 1570. The third-order valence-corrected chi connectivity index (χ3v) is 8.12. The summed E-state index contributed by atoms with van der Waals surface area (Å²) in [5.74, 6) is 0.489. The van der Waals surface area contributed by atoms with Gasteiger partial charge in [0.2, 0.25) is 10.0 Å². The third-order valence-electron chi connectivity index (χ3n) is 6.27. The van der Waals surface area contributed by atoms with Gasteiger partial charge in [-0.25, -0.2) is 8.42 Å². The van der Waals surface area contributed by atoms with E-state index >= 15 is 0 Å². The first kappa shape index (κ1) is 25.3. The van der Waals surface area contributed by atoms with Gasteiger partial charge in [0.15, 0.2) is 5.78 Å². The van der Waals surface area contributed by atoms with Crippen molar-refractivity contribution in [3.05, 3.63) is 105 Å². The molecule has 0 bridgehead atoms. The fourth-order valence-electron chi connectivity index (χ4n) is 4.09. The van der Waals surface area contributed by atoms with Gasteiger partial charge in [0.05, 0.1) is 12.0 Å². The third kappa shape index (κ3) is 5.40. The Kier molecular flexibility index (Phi) is 7.37. The molecule has 0 saturated carbocycles. The summed E-state index contributed by atoms with van der Waals surface area (Å²) in [6, 6.07) is 20.7. The van der Waals surface area contributed by atoms with E-state index in [9.17, 15) is 18.0 Å². The molecular formula is C28H28N2O5S. The predicted octanol–water partition coefficient (Wildman–Crippen LogP) is 4.48. The molecule has 4 rings (SSSR count). The second-order valence-electron chi connectivity index (χ2n) is 8.67. The van der Waals surface area contributed by atoms with E-state index in [1.54, 1.807) is 31.4 Å². The molecule has 0 saturated heterocycles. The summed E-state index contributed by atoms with van der Waals surface area (Å²) in [6.45, 7) is 3.48. The molecule has 1 heterocycles. The number of nitrogens with one attached hydrogen (secondary N) is 1. The average molecular weight is 505 g/mol. The largest absolute Gasteiger partial charge is 0.497 e. The lowest BCUT2D eigenvalue weighted by Crippen LogP contribution is -2.34. The van der Waals surface area contributed by atoms with Gasteiger partial charge in [0.25, 0.3) is 5.56 Å². The quantitative estimate of drug-likeness (QED) is 0.339. The van der Waals surface area contributed by atoms with Gasteiger partial charge in [0, 0.05) is 35.1 Å². The van der Waals surface area contributed by atoms with Gasteiger partial charge in [-0.15, -0.1) is 0 Å². The van der Waals surface area contributed by atoms with Crippen molar-refractivity contribution in [1.29, 1.82) is 0 Å². The molecule has 0 aliphatic rings. The van der Waals surface area contributed by atoms with Crippen molar-refractivity contribution in [2.45, 2.75) is 31.7 Å². The minimum Gasteiger partial charge on any atom is -0.497 e. The molecule has 0 radical (unpaired) electrons. The van der Waals surface area contributed by atoms with E-state index in [0.29, 0.717) is 28.8 Å². The van der Waals surface area contributed by atoms with Crippen LogP contribution in [0.1, 0.15) is 34.0 Å². The van der Waals surface area contributed by atoms with Crippen LogP contribution in [0.5, 0.6) is 5.75 Å². The standard InChI is InChI=1S/C28H28N2O5S/c1-19-6-4-5-7-21(19)14-15-30(36(33,34)26-11-8-22(9-12-26)20(2)31)18-24-16-23-17-25(35-3)10-13-27(23)29-28(24)32/h4-13,16-17H,14-15,18H2,1-3H3,(H,29,32). The lowest BCUT2D eigenvalue weighted by atomic mass is 10.1. The maximum absolute atomic E-state index is 13.7. The average Bonchev–Trinajstić information content (AvgIpc) is 2.87. The summed E-state index contributed by atoms with van der Waals surface area (Å²) in [4.78, 5) is 27.4. The van der Waals surface area contributed by atoms with Crippen LogP contribution in [-0.2, 0) is 23.0 Å². The van der Waals surface area contributed by atoms with Gasteiger partial charge in [-0.05, 0) is 67.8 Å². The topological polar surface area (TPSA) is 96.5 Å². The highest BCUT2D eigenvalue weighted by molar-refractivity contribution is 7.89. The lowest BCUT2D eigenvalue weighted by molar-refractivity contribution is 0.101. The minimum atomic E-state index is -3.96. The highest BCUT2D eigenvalue weighted by atomic mass is 32.2. The summed E-state index contributed by atoms with van der Waals surface area (Å²) in [7, 11) is -2.40. The Morgan fingerprint density at radius 1 is 0.972 bits per heavy atom. The van der Waals surface area contributed by atoms with Crippen LogP contribution in [-0.4, -0.2) is 37.1 Å². The number of aryl methyl sites for hydroxylation is 1. The van der Waals surface area contributed by atoms with Gasteiger partial charge < -0.3 is 9.72 Å². The molecule has 4 aromatic rings. The second kappa shape index (κ2) is 10.5. The van der Waals surface area contributed by atoms with Crippen LogP contribution in [0.4, 0.5) is 0 Å². The SMILES string of the molecule is COc1ccc2[nH]c(=O)c(CN(CCc3ccccc3C)S(=O)(=O)c3ccc(C(C)=O)cc3)cc2c1. The number of carbonyl (C=O) groups excluding carboxylic acids is 1. The van der Waals surface area contributed by atoms with Crippen molar-refractivity contribution in [2.75, 3.05) is 13.7 Å². The Balaban J connectivity index is 1.73. The number of fused-ring (bicyclic) bond motifs is 1. The van der Waals surface area contributed by atoms with Crippen LogP contribution in [0.25, 0.3) is 10.9 Å². The molecule has 0 aliphatic heterocycles. The van der Waals surface area contributed by atoms with Crippen molar-refractivity contribution in [1.82, 2.24) is 9.29 Å². The molecule has 0 unspecified atom stereocenters. The molecule has 0 amide bonds. The fraction of sp³-hybridized carbons (Fsp3) is 0.214. The number of methoxy groups -OCH3 is 1. The molecule has 1 N–H and O–H groups in total. The number of aromatic amines is 1. The van der Waals surface area contributed by atoms with Crippen LogP contribution < -0.4 is 10.3 Å². The van der Waals surface area contributed by atoms with Crippen molar-refractivity contribution in [2.24, 2.45) is 0 Å². The molecule has 36 heavy (non-hydrogen) atoms. The number of ketones is 1. The first-order valence-corrected chi connectivity index (χ1v) is 13.0. The molecular weight excluding hydrogens is 476 g/mol. The molecule has 0 spiro atoms. The molecule has 186 valence electrons. The number of aromatic nitrogens is 1. The molecule has 7 nitrogen and oxygen atoms in total.